The number of urea groups is 1. The van der Waals surface area contributed by atoms with E-state index >= 15 is 0 Å². The minimum Gasteiger partial charge on any atom is -0.319 e. The van der Waals surface area contributed by atoms with Crippen LogP contribution in [0.25, 0.3) is 0 Å². The van der Waals surface area contributed by atoms with Crippen molar-refractivity contribution in [2.24, 2.45) is 0 Å². The highest BCUT2D eigenvalue weighted by molar-refractivity contribution is 7.89. The Bertz CT molecular complexity index is 1110. The molecule has 0 aromatic heterocycles. The summed E-state index contributed by atoms with van der Waals surface area (Å²) in [5, 5.41) is 2.78. The van der Waals surface area contributed by atoms with Crippen LogP contribution in [0.1, 0.15) is 18.9 Å². The summed E-state index contributed by atoms with van der Waals surface area (Å²) in [6, 6.07) is 13.3. The Labute approximate surface area is 186 Å². The fourth-order valence-electron chi connectivity index (χ4n) is 4.08. The third-order valence-electron chi connectivity index (χ3n) is 5.97. The Morgan fingerprint density at radius 1 is 0.969 bits per heavy atom. The number of amides is 3. The SMILES string of the molecule is C[C@]1(c2ccccc2)NC(=O)N(CN2CCCN(S(=O)(=O)c3ccc(F)cc3)CC2)C1=O. The van der Waals surface area contributed by atoms with Crippen molar-refractivity contribution in [1.29, 1.82) is 0 Å². The lowest BCUT2D eigenvalue weighted by atomic mass is 9.92. The van der Waals surface area contributed by atoms with E-state index in [-0.39, 0.29) is 24.0 Å². The van der Waals surface area contributed by atoms with Crippen molar-refractivity contribution in [3.05, 3.63) is 66.0 Å². The zero-order valence-electron chi connectivity index (χ0n) is 17.7. The van der Waals surface area contributed by atoms with Crippen LogP contribution in [0.3, 0.4) is 0 Å². The molecule has 0 unspecified atom stereocenters. The molecule has 0 saturated carbocycles. The molecule has 3 amide bonds. The Morgan fingerprint density at radius 2 is 1.66 bits per heavy atom. The van der Waals surface area contributed by atoms with Crippen molar-refractivity contribution < 1.29 is 22.4 Å². The molecule has 0 spiro atoms. The minimum atomic E-state index is -3.75. The molecule has 170 valence electrons. The Balaban J connectivity index is 1.44. The van der Waals surface area contributed by atoms with Crippen LogP contribution in [0.4, 0.5) is 9.18 Å². The van der Waals surface area contributed by atoms with Crippen LogP contribution in [0.2, 0.25) is 0 Å². The van der Waals surface area contributed by atoms with E-state index in [1.165, 1.54) is 21.3 Å². The van der Waals surface area contributed by atoms with E-state index in [0.29, 0.717) is 31.6 Å². The van der Waals surface area contributed by atoms with Gasteiger partial charge >= 0.3 is 6.03 Å². The van der Waals surface area contributed by atoms with E-state index in [0.717, 1.165) is 12.1 Å². The zero-order chi connectivity index (χ0) is 22.9. The number of hydrogen-bond acceptors (Lipinski definition) is 5. The molecular formula is C22H25FN4O4S. The Kier molecular flexibility index (Phi) is 6.02. The molecule has 1 atom stereocenters. The molecule has 1 N–H and O–H groups in total. The first-order chi connectivity index (χ1) is 15.2. The Hall–Kier alpha value is -2.82. The van der Waals surface area contributed by atoms with E-state index in [2.05, 4.69) is 5.32 Å². The van der Waals surface area contributed by atoms with Gasteiger partial charge in [0.1, 0.15) is 11.4 Å². The zero-order valence-corrected chi connectivity index (χ0v) is 18.5. The van der Waals surface area contributed by atoms with Crippen molar-refractivity contribution >= 4 is 22.0 Å². The predicted octanol–water partition coefficient (Wildman–Crippen LogP) is 1.95. The summed E-state index contributed by atoms with van der Waals surface area (Å²) in [6.07, 6.45) is 0.542. The summed E-state index contributed by atoms with van der Waals surface area (Å²) >= 11 is 0. The molecule has 2 heterocycles. The summed E-state index contributed by atoms with van der Waals surface area (Å²) in [6.45, 7) is 3.17. The number of rotatable bonds is 5. The third kappa shape index (κ3) is 4.13. The number of sulfonamides is 1. The molecule has 0 aliphatic carbocycles. The second-order valence-electron chi connectivity index (χ2n) is 8.13. The number of benzene rings is 2. The summed E-state index contributed by atoms with van der Waals surface area (Å²) in [5.41, 5.74) is -0.435. The lowest BCUT2D eigenvalue weighted by molar-refractivity contribution is -0.132. The average molecular weight is 461 g/mol. The topological polar surface area (TPSA) is 90.0 Å². The Morgan fingerprint density at radius 3 is 2.34 bits per heavy atom. The standard InChI is InChI=1S/C22H25FN4O4S/c1-22(17-6-3-2-4-7-17)20(28)27(21(29)24-22)16-25-12-5-13-26(15-14-25)32(30,31)19-10-8-18(23)9-11-19/h2-4,6-11H,5,12-16H2,1H3,(H,24,29)/t22-/m1/s1. The van der Waals surface area contributed by atoms with Crippen molar-refractivity contribution in [3.63, 3.8) is 0 Å². The number of imide groups is 1. The van der Waals surface area contributed by atoms with E-state index in [1.807, 2.05) is 23.1 Å². The maximum Gasteiger partial charge on any atom is 0.326 e. The summed E-state index contributed by atoms with van der Waals surface area (Å²) in [5.74, 6) is -0.837. The number of carbonyl (C=O) groups excluding carboxylic acids is 2. The lowest BCUT2D eigenvalue weighted by Crippen LogP contribution is -2.45. The first-order valence-electron chi connectivity index (χ1n) is 10.4. The normalized spacial score (nSPS) is 23.2. The molecule has 8 nitrogen and oxygen atoms in total. The maximum atomic E-state index is 13.2. The highest BCUT2D eigenvalue weighted by Gasteiger charge is 2.49. The molecule has 2 aliphatic rings. The molecule has 2 fully saturated rings. The first kappa shape index (κ1) is 22.4. The number of nitrogens with one attached hydrogen (secondary N) is 1. The summed E-state index contributed by atoms with van der Waals surface area (Å²) < 4.78 is 40.3. The number of carbonyl (C=O) groups is 2. The van der Waals surface area contributed by atoms with Crippen LogP contribution in [0.15, 0.2) is 59.5 Å². The summed E-state index contributed by atoms with van der Waals surface area (Å²) in [7, 11) is -3.75. The number of nitrogens with zero attached hydrogens (tertiary/aromatic N) is 3. The fourth-order valence-corrected chi connectivity index (χ4v) is 5.55. The fraction of sp³-hybridized carbons (Fsp3) is 0.364. The number of hydrogen-bond donors (Lipinski definition) is 1. The van der Waals surface area contributed by atoms with Gasteiger partial charge in [0.2, 0.25) is 10.0 Å². The smallest absolute Gasteiger partial charge is 0.319 e. The van der Waals surface area contributed by atoms with Crippen molar-refractivity contribution in [3.8, 4) is 0 Å². The van der Waals surface area contributed by atoms with E-state index in [1.54, 1.807) is 19.1 Å². The highest BCUT2D eigenvalue weighted by Crippen LogP contribution is 2.29. The van der Waals surface area contributed by atoms with Crippen LogP contribution in [0, 0.1) is 5.82 Å². The van der Waals surface area contributed by atoms with Gasteiger partial charge in [-0.15, -0.1) is 0 Å². The van der Waals surface area contributed by atoms with Crippen molar-refractivity contribution in [2.75, 3.05) is 32.8 Å². The molecule has 2 aromatic carbocycles. The lowest BCUT2D eigenvalue weighted by Gasteiger charge is -2.26. The molecule has 2 aromatic rings. The molecule has 0 radical (unpaired) electrons. The second kappa shape index (κ2) is 8.61. The number of halogens is 1. The second-order valence-corrected chi connectivity index (χ2v) is 10.1. The van der Waals surface area contributed by atoms with E-state index in [4.69, 9.17) is 0 Å². The van der Waals surface area contributed by atoms with Gasteiger partial charge in [-0.05, 0) is 43.2 Å². The molecule has 2 aliphatic heterocycles. The summed E-state index contributed by atoms with van der Waals surface area (Å²) in [4.78, 5) is 28.8. The largest absolute Gasteiger partial charge is 0.326 e. The first-order valence-corrected chi connectivity index (χ1v) is 11.8. The molecule has 4 rings (SSSR count). The van der Waals surface area contributed by atoms with Gasteiger partial charge < -0.3 is 5.32 Å². The van der Waals surface area contributed by atoms with Crippen LogP contribution >= 0.6 is 0 Å². The van der Waals surface area contributed by atoms with Crippen LogP contribution in [-0.4, -0.2) is 67.3 Å². The maximum absolute atomic E-state index is 13.2. The predicted molar refractivity (Wildman–Crippen MR) is 115 cm³/mol. The van der Waals surface area contributed by atoms with Gasteiger partial charge in [-0.1, -0.05) is 30.3 Å². The van der Waals surface area contributed by atoms with Gasteiger partial charge in [0.15, 0.2) is 0 Å². The van der Waals surface area contributed by atoms with Gasteiger partial charge in [0.05, 0.1) is 11.6 Å². The van der Waals surface area contributed by atoms with Crippen molar-refractivity contribution in [1.82, 2.24) is 19.4 Å². The molecule has 2 saturated heterocycles. The quantitative estimate of drug-likeness (QED) is 0.689. The van der Waals surface area contributed by atoms with E-state index in [9.17, 15) is 22.4 Å². The van der Waals surface area contributed by atoms with Crippen LogP contribution < -0.4 is 5.32 Å². The third-order valence-corrected chi connectivity index (χ3v) is 7.88. The van der Waals surface area contributed by atoms with E-state index < -0.39 is 27.4 Å². The molecule has 32 heavy (non-hydrogen) atoms. The van der Waals surface area contributed by atoms with Crippen molar-refractivity contribution in [2.45, 2.75) is 23.8 Å². The molecular weight excluding hydrogens is 435 g/mol. The van der Waals surface area contributed by atoms with Gasteiger partial charge in [-0.2, -0.15) is 4.31 Å². The van der Waals surface area contributed by atoms with Gasteiger partial charge in [0.25, 0.3) is 5.91 Å². The molecule has 10 heteroatoms. The minimum absolute atomic E-state index is 0.0417. The average Bonchev–Trinajstić information content (AvgIpc) is 2.94. The van der Waals surface area contributed by atoms with Gasteiger partial charge in [0, 0.05) is 26.2 Å². The van der Waals surface area contributed by atoms with Gasteiger partial charge in [-0.3, -0.25) is 9.69 Å². The molecule has 0 bridgehead atoms. The monoisotopic (exact) mass is 460 g/mol. The van der Waals surface area contributed by atoms with Crippen LogP contribution in [0.5, 0.6) is 0 Å². The van der Waals surface area contributed by atoms with Gasteiger partial charge in [-0.25, -0.2) is 22.5 Å². The highest BCUT2D eigenvalue weighted by atomic mass is 32.2. The van der Waals surface area contributed by atoms with Crippen LogP contribution in [-0.2, 0) is 20.4 Å².